The van der Waals surface area contributed by atoms with E-state index in [4.69, 9.17) is 33.5 Å². The van der Waals surface area contributed by atoms with Crippen LogP contribution in [0.1, 0.15) is 29.1 Å². The Hall–Kier alpha value is -4.19. The molecule has 0 bridgehead atoms. The maximum Gasteiger partial charge on any atom is 0.490 e. The Morgan fingerprint density at radius 3 is 2.30 bits per heavy atom. The van der Waals surface area contributed by atoms with Crippen molar-refractivity contribution in [3.05, 3.63) is 59.8 Å². The smallest absolute Gasteiger partial charge is 0.475 e. The lowest BCUT2D eigenvalue weighted by molar-refractivity contribution is -0.193. The van der Waals surface area contributed by atoms with Gasteiger partial charge in [0.05, 0.1) is 37.8 Å². The first-order valence-electron chi connectivity index (χ1n) is 11.1. The van der Waals surface area contributed by atoms with Gasteiger partial charge >= 0.3 is 24.3 Å². The summed E-state index contributed by atoms with van der Waals surface area (Å²) in [5, 5.41) is 21.6. The summed E-state index contributed by atoms with van der Waals surface area (Å²) in [7, 11) is 0. The van der Waals surface area contributed by atoms with Crippen molar-refractivity contribution >= 4 is 17.8 Å². The molecule has 0 radical (unpaired) electrons. The second-order valence-corrected chi connectivity index (χ2v) is 7.83. The van der Waals surface area contributed by atoms with Gasteiger partial charge in [-0.25, -0.2) is 19.6 Å². The number of carboxylic acids is 2. The van der Waals surface area contributed by atoms with Gasteiger partial charge in [0.2, 0.25) is 0 Å². The average Bonchev–Trinajstić information content (AvgIpc) is 3.54. The Bertz CT molecular complexity index is 1190. The molecule has 0 amide bonds. The van der Waals surface area contributed by atoms with E-state index in [1.165, 1.54) is 0 Å². The molecular formula is C22H23F6N5O7. The van der Waals surface area contributed by atoms with Crippen molar-refractivity contribution in [1.82, 2.24) is 20.0 Å². The Morgan fingerprint density at radius 1 is 1.12 bits per heavy atom. The van der Waals surface area contributed by atoms with Gasteiger partial charge in [0.25, 0.3) is 0 Å². The van der Waals surface area contributed by atoms with E-state index < -0.39 is 24.3 Å². The van der Waals surface area contributed by atoms with Gasteiger partial charge in [-0.2, -0.15) is 26.3 Å². The average molecular weight is 583 g/mol. The number of aliphatic carboxylic acids is 2. The van der Waals surface area contributed by atoms with Gasteiger partial charge in [-0.15, -0.1) is 0 Å². The first kappa shape index (κ1) is 32.0. The molecule has 40 heavy (non-hydrogen) atoms. The second-order valence-electron chi connectivity index (χ2n) is 7.83. The molecule has 0 saturated carbocycles. The first-order valence-corrected chi connectivity index (χ1v) is 11.1. The molecule has 1 fully saturated rings. The van der Waals surface area contributed by atoms with E-state index in [0.29, 0.717) is 26.3 Å². The maximum absolute atomic E-state index is 10.6. The van der Waals surface area contributed by atoms with Crippen LogP contribution in [0.25, 0.3) is 0 Å². The molecule has 12 nitrogen and oxygen atoms in total. The molecule has 0 aliphatic carbocycles. The standard InChI is InChI=1S/C18H21N5O3.2C2HF3O2/c1-13-9-14(22-26-13)11-23-6-8-24-12-16(23)18-19-5-4-17(21-18)20-10-15-3-2-7-25-15;2*3-2(4,5)1(6)7/h2-5,7,9,16H,6,8,10-12H2,1H3,(H,19,20,21);2*(H,6,7). The van der Waals surface area contributed by atoms with Crippen molar-refractivity contribution in [2.24, 2.45) is 0 Å². The fourth-order valence-electron chi connectivity index (χ4n) is 2.99. The normalized spacial score (nSPS) is 15.7. The number of aryl methyl sites for hydroxylation is 1. The summed E-state index contributed by atoms with van der Waals surface area (Å²) in [5.41, 5.74) is 0.904. The molecule has 1 aliphatic rings. The van der Waals surface area contributed by atoms with E-state index in [-0.39, 0.29) is 6.04 Å². The van der Waals surface area contributed by atoms with Crippen molar-refractivity contribution < 1.29 is 59.8 Å². The van der Waals surface area contributed by atoms with Gasteiger partial charge in [0.15, 0.2) is 0 Å². The van der Waals surface area contributed by atoms with Gasteiger partial charge in [0.1, 0.15) is 23.2 Å². The van der Waals surface area contributed by atoms with Gasteiger partial charge in [0, 0.05) is 25.4 Å². The van der Waals surface area contributed by atoms with Crippen molar-refractivity contribution in [1.29, 1.82) is 0 Å². The molecule has 220 valence electrons. The SMILES string of the molecule is Cc1cc(CN2CCOCC2c2nccc(NCc3ccco3)n2)no1.O=C(O)C(F)(F)F.O=C(O)C(F)(F)F. The lowest BCUT2D eigenvalue weighted by Crippen LogP contribution is -2.40. The summed E-state index contributed by atoms with van der Waals surface area (Å²) in [5.74, 6) is -2.36. The molecule has 1 unspecified atom stereocenters. The molecule has 0 aromatic carbocycles. The predicted molar refractivity (Wildman–Crippen MR) is 121 cm³/mol. The number of ether oxygens (including phenoxy) is 1. The fourth-order valence-corrected chi connectivity index (χ4v) is 2.99. The Kier molecular flexibility index (Phi) is 11.4. The van der Waals surface area contributed by atoms with Gasteiger partial charge in [-0.05, 0) is 25.1 Å². The zero-order valence-electron chi connectivity index (χ0n) is 20.6. The van der Waals surface area contributed by atoms with Crippen LogP contribution in [-0.4, -0.2) is 74.3 Å². The van der Waals surface area contributed by atoms with Crippen LogP contribution >= 0.6 is 0 Å². The predicted octanol–water partition coefficient (Wildman–Crippen LogP) is 3.82. The van der Waals surface area contributed by atoms with Crippen molar-refractivity contribution in [2.75, 3.05) is 25.1 Å². The number of furan rings is 1. The number of carboxylic acid groups (broad SMARTS) is 2. The summed E-state index contributed by atoms with van der Waals surface area (Å²) < 4.78 is 79.7. The van der Waals surface area contributed by atoms with Gasteiger partial charge in [-0.1, -0.05) is 5.16 Å². The van der Waals surface area contributed by atoms with Crippen LogP contribution < -0.4 is 5.32 Å². The van der Waals surface area contributed by atoms with Crippen LogP contribution in [-0.2, 0) is 27.4 Å². The monoisotopic (exact) mass is 583 g/mol. The van der Waals surface area contributed by atoms with Crippen LogP contribution in [0.2, 0.25) is 0 Å². The highest BCUT2D eigenvalue weighted by Crippen LogP contribution is 2.24. The minimum Gasteiger partial charge on any atom is -0.475 e. The largest absolute Gasteiger partial charge is 0.490 e. The van der Waals surface area contributed by atoms with E-state index in [9.17, 15) is 26.3 Å². The number of carbonyl (C=O) groups is 2. The summed E-state index contributed by atoms with van der Waals surface area (Å²) >= 11 is 0. The van der Waals surface area contributed by atoms with E-state index in [1.54, 1.807) is 12.5 Å². The van der Waals surface area contributed by atoms with Gasteiger partial charge in [-0.3, -0.25) is 4.90 Å². The third-order valence-corrected chi connectivity index (χ3v) is 4.76. The Labute approximate surface area is 221 Å². The van der Waals surface area contributed by atoms with Crippen LogP contribution in [0.5, 0.6) is 0 Å². The summed E-state index contributed by atoms with van der Waals surface area (Å²) in [4.78, 5) is 29.2. The molecule has 3 aromatic rings. The number of nitrogens with zero attached hydrogens (tertiary/aromatic N) is 4. The number of aromatic nitrogens is 3. The highest BCUT2D eigenvalue weighted by molar-refractivity contribution is 5.73. The zero-order valence-corrected chi connectivity index (χ0v) is 20.6. The number of morpholine rings is 1. The summed E-state index contributed by atoms with van der Waals surface area (Å²) in [6, 6.07) is 7.57. The van der Waals surface area contributed by atoms with E-state index in [1.807, 2.05) is 31.2 Å². The second kappa shape index (κ2) is 14.3. The lowest BCUT2D eigenvalue weighted by atomic mass is 10.2. The van der Waals surface area contributed by atoms with Crippen LogP contribution in [0.4, 0.5) is 32.2 Å². The zero-order chi connectivity index (χ0) is 29.9. The molecule has 18 heteroatoms. The maximum atomic E-state index is 10.6. The van der Waals surface area contributed by atoms with Crippen LogP contribution in [0, 0.1) is 6.92 Å². The van der Waals surface area contributed by atoms with Crippen molar-refractivity contribution in [3.8, 4) is 0 Å². The topological polar surface area (TPSA) is 164 Å². The minimum atomic E-state index is -5.08. The lowest BCUT2D eigenvalue weighted by Gasteiger charge is -2.33. The molecule has 1 saturated heterocycles. The summed E-state index contributed by atoms with van der Waals surface area (Å²) in [6.45, 7) is 5.18. The van der Waals surface area contributed by atoms with E-state index in [2.05, 4.69) is 25.3 Å². The van der Waals surface area contributed by atoms with Crippen molar-refractivity contribution in [3.63, 3.8) is 0 Å². The third-order valence-electron chi connectivity index (χ3n) is 4.76. The number of nitrogens with one attached hydrogen (secondary N) is 1. The molecule has 1 aliphatic heterocycles. The fraction of sp³-hybridized carbons (Fsp3) is 0.409. The number of hydrogen-bond donors (Lipinski definition) is 3. The van der Waals surface area contributed by atoms with Crippen LogP contribution in [0.15, 0.2) is 45.7 Å². The first-order chi connectivity index (χ1) is 18.7. The molecule has 1 atom stereocenters. The highest BCUT2D eigenvalue weighted by atomic mass is 19.4. The Balaban J connectivity index is 0.000000333. The molecule has 4 heterocycles. The van der Waals surface area contributed by atoms with Crippen molar-refractivity contribution in [2.45, 2.75) is 38.4 Å². The van der Waals surface area contributed by atoms with Crippen LogP contribution in [0.3, 0.4) is 0 Å². The highest BCUT2D eigenvalue weighted by Gasteiger charge is 2.38. The molecule has 0 spiro atoms. The third kappa shape index (κ3) is 10.9. The molecule has 3 aromatic heterocycles. The number of alkyl halides is 6. The van der Waals surface area contributed by atoms with Gasteiger partial charge < -0.3 is 29.2 Å². The number of rotatable bonds is 6. The molecule has 4 rings (SSSR count). The molecule has 3 N–H and O–H groups in total. The summed E-state index contributed by atoms with van der Waals surface area (Å²) in [6.07, 6.45) is -6.74. The van der Waals surface area contributed by atoms with E-state index in [0.717, 1.165) is 35.4 Å². The number of anilines is 1. The number of hydrogen-bond acceptors (Lipinski definition) is 10. The number of halogens is 6. The minimum absolute atomic E-state index is 0.0221. The van der Waals surface area contributed by atoms with E-state index >= 15 is 0 Å². The Morgan fingerprint density at radius 2 is 1.77 bits per heavy atom. The quantitative estimate of drug-likeness (QED) is 0.360. The molecular weight excluding hydrogens is 560 g/mol.